The molecule has 0 bridgehead atoms. The number of aromatic carboxylic acids is 1. The molecule has 7 nitrogen and oxygen atoms in total. The van der Waals surface area contributed by atoms with Gasteiger partial charge in [0.1, 0.15) is 11.8 Å². The summed E-state index contributed by atoms with van der Waals surface area (Å²) in [6.07, 6.45) is 3.78. The lowest BCUT2D eigenvalue weighted by atomic mass is 10.2. The first-order valence-corrected chi connectivity index (χ1v) is 5.46. The molecule has 0 atom stereocenters. The van der Waals surface area contributed by atoms with Crippen LogP contribution in [0, 0.1) is 11.3 Å². The van der Waals surface area contributed by atoms with E-state index in [1.807, 2.05) is 6.07 Å². The summed E-state index contributed by atoms with van der Waals surface area (Å²) < 4.78 is 0. The van der Waals surface area contributed by atoms with Crippen LogP contribution < -0.4 is 5.32 Å². The first-order valence-electron chi connectivity index (χ1n) is 5.46. The van der Waals surface area contributed by atoms with E-state index in [4.69, 9.17) is 10.4 Å². The minimum Gasteiger partial charge on any atom is -0.478 e. The molecule has 0 aromatic carbocycles. The van der Waals surface area contributed by atoms with Crippen molar-refractivity contribution in [3.63, 3.8) is 0 Å². The molecule has 0 fully saturated rings. The number of aromatic nitrogens is 2. The molecule has 0 aliphatic carbocycles. The Morgan fingerprint density at radius 2 is 2.05 bits per heavy atom. The van der Waals surface area contributed by atoms with Crippen molar-refractivity contribution in [3.8, 4) is 6.07 Å². The second kappa shape index (κ2) is 5.58. The number of hydrogen-bond acceptors (Lipinski definition) is 5. The fourth-order valence-corrected chi connectivity index (χ4v) is 1.41. The molecule has 0 spiro atoms. The zero-order valence-electron chi connectivity index (χ0n) is 10.1. The molecular weight excluding hydrogens is 260 g/mol. The van der Waals surface area contributed by atoms with Crippen molar-refractivity contribution in [2.45, 2.75) is 0 Å². The van der Waals surface area contributed by atoms with Gasteiger partial charge in [0.25, 0.3) is 5.91 Å². The van der Waals surface area contributed by atoms with Crippen molar-refractivity contribution < 1.29 is 14.7 Å². The van der Waals surface area contributed by atoms with E-state index in [9.17, 15) is 9.59 Å². The maximum atomic E-state index is 11.9. The first-order chi connectivity index (χ1) is 9.60. The summed E-state index contributed by atoms with van der Waals surface area (Å²) in [5.41, 5.74) is 0.678. The predicted molar refractivity (Wildman–Crippen MR) is 68.1 cm³/mol. The molecule has 0 radical (unpaired) electrons. The molecule has 2 rings (SSSR count). The Hall–Kier alpha value is -3.27. The normalized spacial score (nSPS) is 9.55. The molecule has 0 aliphatic rings. The highest BCUT2D eigenvalue weighted by Gasteiger charge is 2.10. The van der Waals surface area contributed by atoms with Crippen LogP contribution in [0.1, 0.15) is 26.4 Å². The van der Waals surface area contributed by atoms with Crippen LogP contribution in [0.15, 0.2) is 36.8 Å². The molecule has 98 valence electrons. The highest BCUT2D eigenvalue weighted by Crippen LogP contribution is 2.10. The smallest absolute Gasteiger partial charge is 0.337 e. The van der Waals surface area contributed by atoms with Crippen LogP contribution in [-0.4, -0.2) is 27.0 Å². The van der Waals surface area contributed by atoms with Crippen LogP contribution in [-0.2, 0) is 0 Å². The van der Waals surface area contributed by atoms with Gasteiger partial charge in [-0.1, -0.05) is 0 Å². The van der Waals surface area contributed by atoms with E-state index in [0.29, 0.717) is 5.56 Å². The molecule has 0 aliphatic heterocycles. The molecule has 20 heavy (non-hydrogen) atoms. The Bertz CT molecular complexity index is 704. The fraction of sp³-hybridized carbons (Fsp3) is 0. The van der Waals surface area contributed by atoms with Crippen LogP contribution in [0.25, 0.3) is 0 Å². The maximum absolute atomic E-state index is 11.9. The molecule has 0 unspecified atom stereocenters. The number of hydrogen-bond donors (Lipinski definition) is 2. The standard InChI is InChI=1S/C13H8N4O3/c14-4-8-1-2-11(16-5-8)12(18)17-10-3-9(13(19)20)6-15-7-10/h1-3,5-7H,(H,17,18)(H,19,20). The zero-order chi connectivity index (χ0) is 14.5. The third-order valence-corrected chi connectivity index (χ3v) is 2.37. The van der Waals surface area contributed by atoms with Crippen molar-refractivity contribution in [3.05, 3.63) is 53.6 Å². The summed E-state index contributed by atoms with van der Waals surface area (Å²) in [5, 5.41) is 19.9. The van der Waals surface area contributed by atoms with E-state index in [-0.39, 0.29) is 16.9 Å². The predicted octanol–water partition coefficient (Wildman–Crippen LogP) is 1.30. The van der Waals surface area contributed by atoms with Crippen LogP contribution >= 0.6 is 0 Å². The highest BCUT2D eigenvalue weighted by molar-refractivity contribution is 6.03. The van der Waals surface area contributed by atoms with Crippen molar-refractivity contribution in [1.82, 2.24) is 9.97 Å². The Labute approximate surface area is 113 Å². The minimum atomic E-state index is -1.13. The van der Waals surface area contributed by atoms with Crippen LogP contribution in [0.5, 0.6) is 0 Å². The maximum Gasteiger partial charge on any atom is 0.337 e. The zero-order valence-corrected chi connectivity index (χ0v) is 10.1. The molecule has 2 N–H and O–H groups in total. The lowest BCUT2D eigenvalue weighted by Gasteiger charge is -2.04. The Balaban J connectivity index is 2.17. The fourth-order valence-electron chi connectivity index (χ4n) is 1.41. The Morgan fingerprint density at radius 3 is 2.65 bits per heavy atom. The molecule has 2 aromatic rings. The summed E-state index contributed by atoms with van der Waals surface area (Å²) in [7, 11) is 0. The van der Waals surface area contributed by atoms with Crippen LogP contribution in [0.4, 0.5) is 5.69 Å². The van der Waals surface area contributed by atoms with Gasteiger partial charge in [-0.3, -0.25) is 9.78 Å². The summed E-state index contributed by atoms with van der Waals surface area (Å²) in [5.74, 6) is -1.65. The lowest BCUT2D eigenvalue weighted by molar-refractivity contribution is 0.0696. The number of carbonyl (C=O) groups excluding carboxylic acids is 1. The van der Waals surface area contributed by atoms with Crippen molar-refractivity contribution in [1.29, 1.82) is 5.26 Å². The van der Waals surface area contributed by atoms with Gasteiger partial charge in [0.05, 0.1) is 23.0 Å². The topological polar surface area (TPSA) is 116 Å². The van der Waals surface area contributed by atoms with E-state index in [1.165, 1.54) is 36.8 Å². The van der Waals surface area contributed by atoms with Gasteiger partial charge in [0.2, 0.25) is 0 Å². The van der Waals surface area contributed by atoms with Gasteiger partial charge in [0, 0.05) is 12.4 Å². The van der Waals surface area contributed by atoms with Crippen LogP contribution in [0.3, 0.4) is 0 Å². The molecule has 7 heteroatoms. The number of pyridine rings is 2. The van der Waals surface area contributed by atoms with E-state index in [1.54, 1.807) is 0 Å². The number of nitrogens with zero attached hydrogens (tertiary/aromatic N) is 3. The van der Waals surface area contributed by atoms with Gasteiger partial charge in [-0.15, -0.1) is 0 Å². The molecule has 2 heterocycles. The molecule has 2 aromatic heterocycles. The molecule has 0 saturated carbocycles. The number of anilines is 1. The van der Waals surface area contributed by atoms with Gasteiger partial charge in [-0.2, -0.15) is 5.26 Å². The number of nitriles is 1. The molecular formula is C13H8N4O3. The number of carboxylic acid groups (broad SMARTS) is 1. The summed E-state index contributed by atoms with van der Waals surface area (Å²) in [4.78, 5) is 30.2. The number of amides is 1. The summed E-state index contributed by atoms with van der Waals surface area (Å²) >= 11 is 0. The Kier molecular flexibility index (Phi) is 3.67. The second-order valence-electron chi connectivity index (χ2n) is 3.77. The number of carboxylic acids is 1. The molecule has 1 amide bonds. The van der Waals surface area contributed by atoms with Crippen LogP contribution in [0.2, 0.25) is 0 Å². The highest BCUT2D eigenvalue weighted by atomic mass is 16.4. The van der Waals surface area contributed by atoms with E-state index >= 15 is 0 Å². The van der Waals surface area contributed by atoms with Gasteiger partial charge in [0.15, 0.2) is 0 Å². The van der Waals surface area contributed by atoms with Gasteiger partial charge in [-0.05, 0) is 18.2 Å². The largest absolute Gasteiger partial charge is 0.478 e. The van der Waals surface area contributed by atoms with Crippen molar-refractivity contribution in [2.75, 3.05) is 5.32 Å². The first kappa shape index (κ1) is 13.2. The van der Waals surface area contributed by atoms with E-state index in [2.05, 4.69) is 15.3 Å². The summed E-state index contributed by atoms with van der Waals surface area (Å²) in [6.45, 7) is 0. The average molecular weight is 268 g/mol. The Morgan fingerprint density at radius 1 is 1.25 bits per heavy atom. The van der Waals surface area contributed by atoms with Gasteiger partial charge < -0.3 is 10.4 Å². The minimum absolute atomic E-state index is 0.0319. The number of rotatable bonds is 3. The second-order valence-corrected chi connectivity index (χ2v) is 3.77. The lowest BCUT2D eigenvalue weighted by Crippen LogP contribution is -2.14. The van der Waals surface area contributed by atoms with E-state index < -0.39 is 11.9 Å². The SMILES string of the molecule is N#Cc1ccc(C(=O)Nc2cncc(C(=O)O)c2)nc1. The molecule has 0 saturated heterocycles. The quantitative estimate of drug-likeness (QED) is 0.866. The third kappa shape index (κ3) is 2.94. The van der Waals surface area contributed by atoms with E-state index in [0.717, 1.165) is 0 Å². The van der Waals surface area contributed by atoms with Gasteiger partial charge >= 0.3 is 5.97 Å². The van der Waals surface area contributed by atoms with Gasteiger partial charge in [-0.25, -0.2) is 9.78 Å². The number of carbonyl (C=O) groups is 2. The number of nitrogens with one attached hydrogen (secondary N) is 1. The monoisotopic (exact) mass is 268 g/mol. The summed E-state index contributed by atoms with van der Waals surface area (Å²) in [6, 6.07) is 6.05. The third-order valence-electron chi connectivity index (χ3n) is 2.37. The average Bonchev–Trinajstić information content (AvgIpc) is 2.47. The van der Waals surface area contributed by atoms with Crippen molar-refractivity contribution in [2.24, 2.45) is 0 Å². The van der Waals surface area contributed by atoms with Crippen molar-refractivity contribution >= 4 is 17.6 Å².